The largest absolute Gasteiger partial charge is 0.460 e. The lowest BCUT2D eigenvalue weighted by molar-refractivity contribution is -0.462. The monoisotopic (exact) mass is 646 g/mol. The highest BCUT2D eigenvalue weighted by molar-refractivity contribution is 9.10. The van der Waals surface area contributed by atoms with Crippen molar-refractivity contribution in [3.63, 3.8) is 0 Å². The summed E-state index contributed by atoms with van der Waals surface area (Å²) in [6.07, 6.45) is -10.5. The fraction of sp³-hybridized carbons (Fsp3) is 0.667. The van der Waals surface area contributed by atoms with Gasteiger partial charge in [0.1, 0.15) is 0 Å². The first kappa shape index (κ1) is 33.5. The second kappa shape index (κ2) is 9.29. The molecule has 1 aromatic rings. The number of benzene rings is 1. The van der Waals surface area contributed by atoms with E-state index in [4.69, 9.17) is 0 Å². The molecule has 0 N–H and O–H groups in total. The number of halogens is 18. The summed E-state index contributed by atoms with van der Waals surface area (Å²) in [7, 11) is 0.537. The first-order valence-corrected chi connectivity index (χ1v) is 9.84. The summed E-state index contributed by atoms with van der Waals surface area (Å²) in [5.41, 5.74) is -3.31. The second-order valence-corrected chi connectivity index (χ2v) is 8.69. The number of hydrogen-bond acceptors (Lipinski definition) is 1. The van der Waals surface area contributed by atoms with Gasteiger partial charge in [0.15, 0.2) is 0 Å². The van der Waals surface area contributed by atoms with E-state index in [-0.39, 0.29) is 4.47 Å². The van der Waals surface area contributed by atoms with Crippen molar-refractivity contribution in [3.8, 4) is 0 Å². The molecule has 1 unspecified atom stereocenters. The third kappa shape index (κ3) is 4.86. The van der Waals surface area contributed by atoms with Gasteiger partial charge in [0.25, 0.3) is 0 Å². The molecule has 0 bridgehead atoms. The zero-order chi connectivity index (χ0) is 29.9. The van der Waals surface area contributed by atoms with Crippen LogP contribution in [0.2, 0.25) is 0 Å². The highest BCUT2D eigenvalue weighted by atomic mass is 79.9. The van der Waals surface area contributed by atoms with Crippen LogP contribution in [0.15, 0.2) is 28.7 Å². The maximum absolute atomic E-state index is 14.4. The molecule has 0 amide bonds. The van der Waals surface area contributed by atoms with Crippen LogP contribution in [0.4, 0.5) is 74.6 Å². The summed E-state index contributed by atoms with van der Waals surface area (Å²) >= 11 is 2.82. The van der Waals surface area contributed by atoms with Crippen LogP contribution in [0.5, 0.6) is 0 Å². The van der Waals surface area contributed by atoms with Crippen molar-refractivity contribution >= 4 is 15.9 Å². The molecular weight excluding hydrogens is 635 g/mol. The molecule has 37 heavy (non-hydrogen) atoms. The third-order valence-corrected chi connectivity index (χ3v) is 5.73. The Morgan fingerprint density at radius 3 is 1.35 bits per heavy atom. The lowest BCUT2D eigenvalue weighted by atomic mass is 9.83. The van der Waals surface area contributed by atoms with Crippen molar-refractivity contribution < 1.29 is 79.4 Å². The minimum absolute atomic E-state index is 0.0488. The summed E-state index contributed by atoms with van der Waals surface area (Å²) in [4.78, 5) is 0. The average molecular weight is 647 g/mol. The molecule has 0 aromatic heterocycles. The van der Waals surface area contributed by atoms with Crippen molar-refractivity contribution in [1.29, 1.82) is 0 Å². The molecule has 0 aliphatic rings. The summed E-state index contributed by atoms with van der Waals surface area (Å²) in [6, 6.07) is 4.07. The van der Waals surface area contributed by atoms with Crippen molar-refractivity contribution in [3.05, 3.63) is 34.3 Å². The van der Waals surface area contributed by atoms with Crippen LogP contribution >= 0.6 is 15.9 Å². The average Bonchev–Trinajstić information content (AvgIpc) is 2.71. The Morgan fingerprint density at radius 1 is 0.622 bits per heavy atom. The van der Waals surface area contributed by atoms with Crippen LogP contribution in [0.3, 0.4) is 0 Å². The molecule has 1 aromatic carbocycles. The molecule has 0 aliphatic heterocycles. The zero-order valence-corrected chi connectivity index (χ0v) is 19.3. The van der Waals surface area contributed by atoms with Gasteiger partial charge in [0, 0.05) is 11.6 Å². The molecular formula is C18H12BrF17O. The molecule has 0 heterocycles. The highest BCUT2D eigenvalue weighted by Crippen LogP contribution is 2.64. The molecule has 1 atom stereocenters. The molecule has 0 fully saturated rings. The van der Waals surface area contributed by atoms with Gasteiger partial charge in [-0.2, -0.15) is 74.6 Å². The topological polar surface area (TPSA) is 9.23 Å². The molecule has 0 saturated carbocycles. The molecule has 216 valence electrons. The van der Waals surface area contributed by atoms with Crippen LogP contribution in [-0.2, 0) is 10.3 Å². The van der Waals surface area contributed by atoms with Crippen molar-refractivity contribution in [2.75, 3.05) is 7.11 Å². The van der Waals surface area contributed by atoms with Gasteiger partial charge in [-0.1, -0.05) is 28.1 Å². The normalized spacial score (nSPS) is 17.1. The van der Waals surface area contributed by atoms with Crippen LogP contribution in [-0.4, -0.2) is 54.7 Å². The Balaban J connectivity index is 3.67. The second-order valence-electron chi connectivity index (χ2n) is 7.77. The van der Waals surface area contributed by atoms with E-state index in [1.165, 1.54) is 6.07 Å². The fourth-order valence-electron chi connectivity index (χ4n) is 2.84. The Hall–Kier alpha value is -1.53. The predicted molar refractivity (Wildman–Crippen MR) is 93.8 cm³/mol. The molecule has 0 spiro atoms. The van der Waals surface area contributed by atoms with E-state index in [0.29, 0.717) is 14.0 Å². The predicted octanol–water partition coefficient (Wildman–Crippen LogP) is 8.71. The van der Waals surface area contributed by atoms with Crippen molar-refractivity contribution in [2.45, 2.75) is 66.6 Å². The Kier molecular flexibility index (Phi) is 8.41. The van der Waals surface area contributed by atoms with Gasteiger partial charge < -0.3 is 4.74 Å². The maximum atomic E-state index is 14.4. The number of methoxy groups -OCH3 is 1. The summed E-state index contributed by atoms with van der Waals surface area (Å²) in [5, 5.41) is 0. The van der Waals surface area contributed by atoms with E-state index < -0.39 is 65.2 Å². The third-order valence-electron chi connectivity index (χ3n) is 5.23. The lowest BCUT2D eigenvalue weighted by Gasteiger charge is -2.44. The summed E-state index contributed by atoms with van der Waals surface area (Å²) in [6.45, 7) is 0.516. The number of ether oxygens (including phenoxy) is 1. The first-order valence-electron chi connectivity index (χ1n) is 9.04. The molecule has 0 radical (unpaired) electrons. The number of rotatable bonds is 10. The standard InChI is InChI=1S/C18H12BrF17O/c1-10(37-2,8-4-3-5-9(19)6-8)7-11(20,21)12(22,23)13(24,25)14(26,27)15(28,29)16(30,31)17(32,33)18(34,35)36/h3-6H,7H2,1-2H3. The van der Waals surface area contributed by atoms with E-state index in [0.717, 1.165) is 18.2 Å². The van der Waals surface area contributed by atoms with Crippen molar-refractivity contribution in [1.82, 2.24) is 0 Å². The van der Waals surface area contributed by atoms with Crippen LogP contribution in [0.1, 0.15) is 18.9 Å². The molecule has 1 rings (SSSR count). The highest BCUT2D eigenvalue weighted by Gasteiger charge is 2.95. The molecule has 1 nitrogen and oxygen atoms in total. The fourth-order valence-corrected chi connectivity index (χ4v) is 3.24. The van der Waals surface area contributed by atoms with Gasteiger partial charge in [-0.15, -0.1) is 0 Å². The minimum atomic E-state index is -8.66. The van der Waals surface area contributed by atoms with E-state index >= 15 is 0 Å². The van der Waals surface area contributed by atoms with E-state index in [2.05, 4.69) is 20.7 Å². The van der Waals surface area contributed by atoms with E-state index in [1.807, 2.05) is 0 Å². The van der Waals surface area contributed by atoms with E-state index in [1.54, 1.807) is 0 Å². The SMILES string of the molecule is COC(C)(CC(F)(F)C(F)(F)C(F)(F)C(F)(F)C(F)(F)C(F)(F)C(F)(F)C(F)(F)F)c1cccc(Br)c1. The number of alkyl halides is 17. The Morgan fingerprint density at radius 2 is 1.00 bits per heavy atom. The van der Waals surface area contributed by atoms with Gasteiger partial charge >= 0.3 is 47.6 Å². The van der Waals surface area contributed by atoms with E-state index in [9.17, 15) is 74.6 Å². The van der Waals surface area contributed by atoms with Gasteiger partial charge in [0.05, 0.1) is 12.0 Å². The van der Waals surface area contributed by atoms with Crippen LogP contribution in [0.25, 0.3) is 0 Å². The van der Waals surface area contributed by atoms with Crippen LogP contribution in [0, 0.1) is 0 Å². The smallest absolute Gasteiger partial charge is 0.374 e. The molecule has 19 heteroatoms. The lowest BCUT2D eigenvalue weighted by Crippen LogP contribution is -2.74. The summed E-state index contributed by atoms with van der Waals surface area (Å²) in [5.74, 6) is -56.7. The van der Waals surface area contributed by atoms with Gasteiger partial charge in [-0.3, -0.25) is 0 Å². The Labute approximate surface area is 204 Å². The Bertz CT molecular complexity index is 971. The molecule has 0 saturated heterocycles. The van der Waals surface area contributed by atoms with Crippen molar-refractivity contribution in [2.24, 2.45) is 0 Å². The number of hydrogen-bond donors (Lipinski definition) is 0. The van der Waals surface area contributed by atoms with Crippen LogP contribution < -0.4 is 0 Å². The summed E-state index contributed by atoms with van der Waals surface area (Å²) < 4.78 is 233. The first-order chi connectivity index (χ1) is 16.0. The quantitative estimate of drug-likeness (QED) is 0.231. The molecule has 0 aliphatic carbocycles. The van der Waals surface area contributed by atoms with Gasteiger partial charge in [0.2, 0.25) is 0 Å². The van der Waals surface area contributed by atoms with Gasteiger partial charge in [-0.05, 0) is 24.6 Å². The maximum Gasteiger partial charge on any atom is 0.460 e. The van der Waals surface area contributed by atoms with Gasteiger partial charge in [-0.25, -0.2) is 0 Å². The minimum Gasteiger partial charge on any atom is -0.374 e. The zero-order valence-electron chi connectivity index (χ0n) is 17.7.